The molecule has 9 heteroatoms. The second-order valence-electron chi connectivity index (χ2n) is 6.83. The number of Topliss-reactive ketones (excluding diaryl/α,β-unsaturated/α-hetero) is 1. The highest BCUT2D eigenvalue weighted by molar-refractivity contribution is 7.92. The Hall–Kier alpha value is -2.29. The summed E-state index contributed by atoms with van der Waals surface area (Å²) in [5, 5.41) is 0. The second-order valence-corrected chi connectivity index (χ2v) is 8.51. The zero-order valence-corrected chi connectivity index (χ0v) is 18.3. The summed E-state index contributed by atoms with van der Waals surface area (Å²) in [5.74, 6) is 0.429. The highest BCUT2D eigenvalue weighted by Gasteiger charge is 2.23. The molecule has 7 nitrogen and oxygen atoms in total. The third-order valence-electron chi connectivity index (χ3n) is 4.86. The third-order valence-corrected chi connectivity index (χ3v) is 6.22. The number of anilines is 2. The Morgan fingerprint density at radius 2 is 1.72 bits per heavy atom. The number of carbonyl (C=O) groups is 1. The standard InChI is InChI=1S/C20H25N3O4S.ClH/c1-15(24)17-6-4-5-7-18(17)21-28(25,26)16-8-9-20(27-3)19(14-16)23-12-10-22(2)11-13-23;/h4-9,14,21H,10-13H2,1-3H3;1H. The number of hydrogen-bond donors (Lipinski definition) is 1. The molecular weight excluding hydrogens is 414 g/mol. The van der Waals surface area contributed by atoms with Gasteiger partial charge in [-0.2, -0.15) is 0 Å². The lowest BCUT2D eigenvalue weighted by Gasteiger charge is -2.34. The summed E-state index contributed by atoms with van der Waals surface area (Å²) in [6.45, 7) is 4.77. The SMILES string of the molecule is COc1ccc(S(=O)(=O)Nc2ccccc2C(C)=O)cc1N1CCN(C)CC1.Cl. The summed E-state index contributed by atoms with van der Waals surface area (Å²) >= 11 is 0. The van der Waals surface area contributed by atoms with Crippen LogP contribution in [0.2, 0.25) is 0 Å². The van der Waals surface area contributed by atoms with Crippen molar-refractivity contribution < 1.29 is 17.9 Å². The second kappa shape index (κ2) is 9.47. The van der Waals surface area contributed by atoms with E-state index in [9.17, 15) is 13.2 Å². The van der Waals surface area contributed by atoms with E-state index in [0.717, 1.165) is 31.9 Å². The minimum Gasteiger partial charge on any atom is -0.495 e. The normalized spacial score (nSPS) is 14.8. The molecule has 0 bridgehead atoms. The van der Waals surface area contributed by atoms with Crippen molar-refractivity contribution in [1.82, 2.24) is 4.90 Å². The van der Waals surface area contributed by atoms with Crippen LogP contribution in [0.1, 0.15) is 17.3 Å². The molecule has 2 aromatic carbocycles. The van der Waals surface area contributed by atoms with Crippen LogP contribution >= 0.6 is 12.4 Å². The average molecular weight is 440 g/mol. The summed E-state index contributed by atoms with van der Waals surface area (Å²) < 4.78 is 33.9. The number of para-hydroxylation sites is 1. The number of halogens is 1. The van der Waals surface area contributed by atoms with E-state index >= 15 is 0 Å². The number of benzene rings is 2. The van der Waals surface area contributed by atoms with Gasteiger partial charge < -0.3 is 14.5 Å². The van der Waals surface area contributed by atoms with Gasteiger partial charge in [-0.1, -0.05) is 12.1 Å². The highest BCUT2D eigenvalue weighted by atomic mass is 35.5. The van der Waals surface area contributed by atoms with Gasteiger partial charge in [0.25, 0.3) is 10.0 Å². The number of nitrogens with zero attached hydrogens (tertiary/aromatic N) is 2. The van der Waals surface area contributed by atoms with Gasteiger partial charge in [-0.25, -0.2) is 8.42 Å². The summed E-state index contributed by atoms with van der Waals surface area (Å²) in [6.07, 6.45) is 0. The summed E-state index contributed by atoms with van der Waals surface area (Å²) in [7, 11) is -0.226. The van der Waals surface area contributed by atoms with Crippen molar-refractivity contribution in [2.75, 3.05) is 50.0 Å². The number of ether oxygens (including phenoxy) is 1. The lowest BCUT2D eigenvalue weighted by molar-refractivity contribution is 0.101. The molecule has 3 rings (SSSR count). The van der Waals surface area contributed by atoms with Crippen molar-refractivity contribution >= 4 is 39.6 Å². The van der Waals surface area contributed by atoms with E-state index in [2.05, 4.69) is 21.6 Å². The number of carbonyl (C=O) groups excluding carboxylic acids is 1. The molecule has 0 aromatic heterocycles. The smallest absolute Gasteiger partial charge is 0.261 e. The molecular formula is C20H26ClN3O4S. The monoisotopic (exact) mass is 439 g/mol. The molecule has 1 aliphatic rings. The van der Waals surface area contributed by atoms with Gasteiger partial charge in [-0.3, -0.25) is 9.52 Å². The number of methoxy groups -OCH3 is 1. The van der Waals surface area contributed by atoms with Gasteiger partial charge in [0, 0.05) is 31.7 Å². The van der Waals surface area contributed by atoms with Gasteiger partial charge in [0.2, 0.25) is 0 Å². The van der Waals surface area contributed by atoms with Crippen LogP contribution in [0.5, 0.6) is 5.75 Å². The van der Waals surface area contributed by atoms with Crippen LogP contribution in [0.15, 0.2) is 47.4 Å². The summed E-state index contributed by atoms with van der Waals surface area (Å²) in [6, 6.07) is 11.4. The fourth-order valence-corrected chi connectivity index (χ4v) is 4.31. The molecule has 0 saturated carbocycles. The fraction of sp³-hybridized carbons (Fsp3) is 0.350. The molecule has 1 heterocycles. The number of piperazine rings is 1. The first kappa shape index (κ1) is 23.0. The molecule has 0 radical (unpaired) electrons. The summed E-state index contributed by atoms with van der Waals surface area (Å²) in [5.41, 5.74) is 1.35. The maximum Gasteiger partial charge on any atom is 0.261 e. The van der Waals surface area contributed by atoms with Crippen LogP contribution in [0.3, 0.4) is 0 Å². The minimum atomic E-state index is -3.86. The van der Waals surface area contributed by atoms with Crippen molar-refractivity contribution in [2.45, 2.75) is 11.8 Å². The van der Waals surface area contributed by atoms with E-state index in [1.165, 1.54) is 13.0 Å². The Morgan fingerprint density at radius 3 is 2.34 bits per heavy atom. The molecule has 1 fully saturated rings. The van der Waals surface area contributed by atoms with Gasteiger partial charge in [-0.05, 0) is 44.3 Å². The quantitative estimate of drug-likeness (QED) is 0.697. The number of hydrogen-bond acceptors (Lipinski definition) is 6. The van der Waals surface area contributed by atoms with Gasteiger partial charge in [0.15, 0.2) is 5.78 Å². The zero-order chi connectivity index (χ0) is 20.3. The van der Waals surface area contributed by atoms with Crippen LogP contribution in [-0.4, -0.2) is 59.4 Å². The molecule has 1 saturated heterocycles. The first-order valence-corrected chi connectivity index (χ1v) is 10.5. The first-order chi connectivity index (χ1) is 13.3. The van der Waals surface area contributed by atoms with E-state index in [1.54, 1.807) is 43.5 Å². The van der Waals surface area contributed by atoms with E-state index in [-0.39, 0.29) is 28.8 Å². The maximum absolute atomic E-state index is 13.0. The number of likely N-dealkylation sites (N-methyl/N-ethyl adjacent to an activating group) is 1. The Balaban J connectivity index is 0.00000300. The van der Waals surface area contributed by atoms with Crippen LogP contribution < -0.4 is 14.4 Å². The van der Waals surface area contributed by atoms with Crippen molar-refractivity contribution in [3.05, 3.63) is 48.0 Å². The van der Waals surface area contributed by atoms with E-state index < -0.39 is 10.0 Å². The number of nitrogens with one attached hydrogen (secondary N) is 1. The number of ketones is 1. The van der Waals surface area contributed by atoms with Crippen molar-refractivity contribution in [3.8, 4) is 5.75 Å². The van der Waals surface area contributed by atoms with E-state index in [4.69, 9.17) is 4.74 Å². The van der Waals surface area contributed by atoms with Crippen molar-refractivity contribution in [1.29, 1.82) is 0 Å². The Morgan fingerprint density at radius 1 is 1.07 bits per heavy atom. The van der Waals surface area contributed by atoms with Crippen molar-refractivity contribution in [3.63, 3.8) is 0 Å². The third kappa shape index (κ3) is 5.20. The largest absolute Gasteiger partial charge is 0.495 e. The topological polar surface area (TPSA) is 78.9 Å². The molecule has 158 valence electrons. The Labute approximate surface area is 178 Å². The molecule has 2 aromatic rings. The van der Waals surface area contributed by atoms with Crippen LogP contribution in [0, 0.1) is 0 Å². The predicted octanol–water partition coefficient (Wildman–Crippen LogP) is 2.87. The van der Waals surface area contributed by atoms with Crippen molar-refractivity contribution in [2.24, 2.45) is 0 Å². The van der Waals surface area contributed by atoms with Crippen LogP contribution in [-0.2, 0) is 10.0 Å². The van der Waals surface area contributed by atoms with Gasteiger partial charge in [0.05, 0.1) is 23.4 Å². The predicted molar refractivity (Wildman–Crippen MR) is 117 cm³/mol. The fourth-order valence-electron chi connectivity index (χ4n) is 3.21. The Bertz CT molecular complexity index is 973. The summed E-state index contributed by atoms with van der Waals surface area (Å²) in [4.78, 5) is 16.3. The number of sulfonamides is 1. The Kier molecular flexibility index (Phi) is 7.51. The van der Waals surface area contributed by atoms with Gasteiger partial charge in [0.1, 0.15) is 5.75 Å². The first-order valence-electron chi connectivity index (χ1n) is 9.06. The van der Waals surface area contributed by atoms with Crippen LogP contribution in [0.25, 0.3) is 0 Å². The molecule has 1 aliphatic heterocycles. The zero-order valence-electron chi connectivity index (χ0n) is 16.7. The molecule has 0 amide bonds. The van der Waals surface area contributed by atoms with E-state index in [0.29, 0.717) is 11.3 Å². The number of rotatable bonds is 6. The van der Waals surface area contributed by atoms with Gasteiger partial charge in [-0.15, -0.1) is 12.4 Å². The minimum absolute atomic E-state index is 0. The lowest BCUT2D eigenvalue weighted by atomic mass is 10.1. The average Bonchev–Trinajstić information content (AvgIpc) is 2.68. The highest BCUT2D eigenvalue weighted by Crippen LogP contribution is 2.32. The lowest BCUT2D eigenvalue weighted by Crippen LogP contribution is -2.44. The van der Waals surface area contributed by atoms with Gasteiger partial charge >= 0.3 is 0 Å². The molecule has 0 aliphatic carbocycles. The van der Waals surface area contributed by atoms with E-state index in [1.807, 2.05) is 0 Å². The molecule has 0 atom stereocenters. The molecule has 1 N–H and O–H groups in total. The molecule has 0 spiro atoms. The maximum atomic E-state index is 13.0. The van der Waals surface area contributed by atoms with Crippen LogP contribution in [0.4, 0.5) is 11.4 Å². The molecule has 0 unspecified atom stereocenters. The molecule has 29 heavy (non-hydrogen) atoms.